The van der Waals surface area contributed by atoms with Crippen LogP contribution in [0.5, 0.6) is 0 Å². The summed E-state index contributed by atoms with van der Waals surface area (Å²) in [6.07, 6.45) is 3.86. The largest absolute Gasteiger partial charge is 0.444 e. The molecule has 2 aromatic rings. The molecule has 37 heavy (non-hydrogen) atoms. The van der Waals surface area contributed by atoms with E-state index in [1.807, 2.05) is 58.6 Å². The van der Waals surface area contributed by atoms with Gasteiger partial charge in [0.1, 0.15) is 17.2 Å². The maximum Gasteiger partial charge on any atom is 0.410 e. The number of carbonyl (C=O) groups is 2. The fourth-order valence-corrected chi connectivity index (χ4v) is 5.23. The molecular weight excluding hydrogens is 470 g/mol. The summed E-state index contributed by atoms with van der Waals surface area (Å²) in [5.74, 6) is 2.71. The number of nitrogens with zero attached hydrogens (tertiary/aromatic N) is 5. The van der Waals surface area contributed by atoms with Gasteiger partial charge < -0.3 is 19.9 Å². The van der Waals surface area contributed by atoms with Crippen molar-refractivity contribution in [3.63, 3.8) is 0 Å². The quantitative estimate of drug-likeness (QED) is 0.612. The number of amides is 2. The Bertz CT molecular complexity index is 1120. The lowest BCUT2D eigenvalue weighted by Gasteiger charge is -2.43. The third-order valence-corrected chi connectivity index (χ3v) is 7.19. The molecule has 2 N–H and O–H groups in total. The molecule has 10 nitrogen and oxygen atoms in total. The Morgan fingerprint density at radius 2 is 1.84 bits per heavy atom. The van der Waals surface area contributed by atoms with Gasteiger partial charge in [0, 0.05) is 55.1 Å². The van der Waals surface area contributed by atoms with Crippen LogP contribution in [0.4, 0.5) is 16.4 Å². The van der Waals surface area contributed by atoms with Crippen molar-refractivity contribution in [2.24, 2.45) is 11.3 Å². The van der Waals surface area contributed by atoms with Crippen LogP contribution in [0, 0.1) is 25.2 Å². The first-order valence-corrected chi connectivity index (χ1v) is 13.3. The highest BCUT2D eigenvalue weighted by atomic mass is 16.6. The summed E-state index contributed by atoms with van der Waals surface area (Å²) in [5.41, 5.74) is 0.973. The molecule has 2 aromatic heterocycles. The van der Waals surface area contributed by atoms with Crippen molar-refractivity contribution in [2.75, 3.05) is 31.5 Å². The van der Waals surface area contributed by atoms with Crippen molar-refractivity contribution in [1.82, 2.24) is 30.0 Å². The highest BCUT2D eigenvalue weighted by Gasteiger charge is 2.42. The fourth-order valence-electron chi connectivity index (χ4n) is 5.23. The van der Waals surface area contributed by atoms with E-state index in [1.165, 1.54) is 0 Å². The summed E-state index contributed by atoms with van der Waals surface area (Å²) in [5, 5.41) is 10.4. The molecule has 202 valence electrons. The van der Waals surface area contributed by atoms with Crippen LogP contribution in [-0.4, -0.2) is 73.7 Å². The minimum Gasteiger partial charge on any atom is -0.444 e. The average molecular weight is 512 g/mol. The molecule has 1 unspecified atom stereocenters. The molecule has 4 rings (SSSR count). The lowest BCUT2D eigenvalue weighted by atomic mass is 9.78. The van der Waals surface area contributed by atoms with Crippen LogP contribution >= 0.6 is 0 Å². The molecule has 0 radical (unpaired) electrons. The van der Waals surface area contributed by atoms with E-state index in [0.29, 0.717) is 37.7 Å². The second-order valence-corrected chi connectivity index (χ2v) is 11.8. The first kappa shape index (κ1) is 26.9. The number of anilines is 2. The molecule has 0 bridgehead atoms. The zero-order valence-electron chi connectivity index (χ0n) is 23.1. The number of aromatic amines is 1. The van der Waals surface area contributed by atoms with Gasteiger partial charge >= 0.3 is 6.09 Å². The molecule has 2 saturated heterocycles. The van der Waals surface area contributed by atoms with E-state index in [1.54, 1.807) is 4.90 Å². The van der Waals surface area contributed by atoms with Gasteiger partial charge in [-0.15, -0.1) is 0 Å². The van der Waals surface area contributed by atoms with E-state index >= 15 is 0 Å². The normalized spacial score (nSPS) is 20.0. The minimum absolute atomic E-state index is 0.205. The Kier molecular flexibility index (Phi) is 7.75. The Hall–Kier alpha value is -3.17. The van der Waals surface area contributed by atoms with Gasteiger partial charge in [0.05, 0.1) is 0 Å². The van der Waals surface area contributed by atoms with E-state index in [2.05, 4.69) is 25.5 Å². The molecule has 2 fully saturated rings. The second-order valence-electron chi connectivity index (χ2n) is 11.8. The Morgan fingerprint density at radius 1 is 1.11 bits per heavy atom. The predicted octanol–water partition coefficient (Wildman–Crippen LogP) is 4.38. The summed E-state index contributed by atoms with van der Waals surface area (Å²) in [6, 6.07) is 3.91. The zero-order valence-corrected chi connectivity index (χ0v) is 23.1. The summed E-state index contributed by atoms with van der Waals surface area (Å²) >= 11 is 0. The van der Waals surface area contributed by atoms with Crippen molar-refractivity contribution < 1.29 is 14.3 Å². The van der Waals surface area contributed by atoms with Gasteiger partial charge in [-0.05, 0) is 72.6 Å². The number of hydrogen-bond donors (Lipinski definition) is 2. The van der Waals surface area contributed by atoms with Gasteiger partial charge in [-0.1, -0.05) is 6.92 Å². The van der Waals surface area contributed by atoms with Crippen LogP contribution in [0.1, 0.15) is 70.6 Å². The molecule has 0 saturated carbocycles. The maximum absolute atomic E-state index is 13.6. The van der Waals surface area contributed by atoms with E-state index in [4.69, 9.17) is 4.74 Å². The van der Waals surface area contributed by atoms with Crippen molar-refractivity contribution >= 4 is 23.6 Å². The lowest BCUT2D eigenvalue weighted by Crippen LogP contribution is -2.52. The first-order valence-electron chi connectivity index (χ1n) is 13.3. The van der Waals surface area contributed by atoms with Gasteiger partial charge in [0.15, 0.2) is 5.82 Å². The van der Waals surface area contributed by atoms with E-state index < -0.39 is 11.0 Å². The number of piperidine rings is 2. The molecule has 0 aromatic carbocycles. The average Bonchev–Trinajstić information content (AvgIpc) is 3.22. The number of hydrogen-bond acceptors (Lipinski definition) is 7. The van der Waals surface area contributed by atoms with Crippen LogP contribution in [0.25, 0.3) is 0 Å². The summed E-state index contributed by atoms with van der Waals surface area (Å²) < 4.78 is 5.52. The number of carbonyl (C=O) groups excluding carboxylic acids is 2. The molecule has 0 spiro atoms. The van der Waals surface area contributed by atoms with Crippen LogP contribution in [0.15, 0.2) is 12.1 Å². The number of ether oxygens (including phenoxy) is 1. The van der Waals surface area contributed by atoms with Gasteiger partial charge in [-0.25, -0.2) is 14.8 Å². The lowest BCUT2D eigenvalue weighted by molar-refractivity contribution is -0.145. The van der Waals surface area contributed by atoms with E-state index in [9.17, 15) is 9.59 Å². The topological polar surface area (TPSA) is 116 Å². The maximum atomic E-state index is 13.6. The molecule has 0 aliphatic carbocycles. The van der Waals surface area contributed by atoms with Crippen molar-refractivity contribution in [2.45, 2.75) is 79.2 Å². The first-order chi connectivity index (χ1) is 17.4. The second kappa shape index (κ2) is 10.7. The highest BCUT2D eigenvalue weighted by Crippen LogP contribution is 2.35. The van der Waals surface area contributed by atoms with Gasteiger partial charge in [-0.2, -0.15) is 5.10 Å². The predicted molar refractivity (Wildman–Crippen MR) is 142 cm³/mol. The fraction of sp³-hybridized carbons (Fsp3) is 0.667. The molecule has 2 aliphatic heterocycles. The van der Waals surface area contributed by atoms with Crippen LogP contribution in [0.2, 0.25) is 0 Å². The highest BCUT2D eigenvalue weighted by molar-refractivity contribution is 5.83. The number of aromatic nitrogens is 4. The van der Waals surface area contributed by atoms with Crippen molar-refractivity contribution in [3.05, 3.63) is 29.3 Å². The molecule has 2 aliphatic rings. The van der Waals surface area contributed by atoms with Gasteiger partial charge in [0.2, 0.25) is 5.91 Å². The number of likely N-dealkylation sites (tertiary alicyclic amines) is 2. The monoisotopic (exact) mass is 511 g/mol. The Morgan fingerprint density at radius 3 is 2.49 bits per heavy atom. The smallest absolute Gasteiger partial charge is 0.410 e. The molecule has 2 amide bonds. The Labute approximate surface area is 219 Å². The zero-order chi connectivity index (χ0) is 26.8. The number of nitrogens with one attached hydrogen (secondary N) is 2. The summed E-state index contributed by atoms with van der Waals surface area (Å²) in [7, 11) is 0. The summed E-state index contributed by atoms with van der Waals surface area (Å²) in [6.45, 7) is 14.1. The summed E-state index contributed by atoms with van der Waals surface area (Å²) in [4.78, 5) is 39.0. The van der Waals surface area contributed by atoms with Crippen LogP contribution in [0.3, 0.4) is 0 Å². The number of H-pyrrole nitrogens is 1. The van der Waals surface area contributed by atoms with Crippen LogP contribution < -0.4 is 5.32 Å². The standard InChI is InChI=1S/C27H41N7O3/c1-18-14-23(32-31-18)30-22-16-21(28-19(2)29-22)15-20-8-7-11-34(17-20)24(35)27(6)9-12-33(13-10-27)25(36)37-26(3,4)5/h14,16,20H,7-13,15,17H2,1-6H3,(H2,28,29,30,31,32). The van der Waals surface area contributed by atoms with Crippen molar-refractivity contribution in [3.8, 4) is 0 Å². The minimum atomic E-state index is -0.520. The molecule has 4 heterocycles. The third-order valence-electron chi connectivity index (χ3n) is 7.19. The van der Waals surface area contributed by atoms with E-state index in [0.717, 1.165) is 55.4 Å². The molecular formula is C27H41N7O3. The van der Waals surface area contributed by atoms with E-state index in [-0.39, 0.29) is 12.0 Å². The molecule has 10 heteroatoms. The number of aryl methyl sites for hydroxylation is 2. The van der Waals surface area contributed by atoms with Crippen molar-refractivity contribution in [1.29, 1.82) is 0 Å². The Balaban J connectivity index is 1.35. The molecule has 1 atom stereocenters. The van der Waals surface area contributed by atoms with Gasteiger partial charge in [0.25, 0.3) is 0 Å². The number of rotatable bonds is 5. The van der Waals surface area contributed by atoms with Crippen LogP contribution in [-0.2, 0) is 16.0 Å². The SMILES string of the molecule is Cc1nc(CC2CCCN(C(=O)C3(C)CCN(C(=O)OC(C)(C)C)CC3)C2)cc(Nc2cc(C)[nH]n2)n1. The van der Waals surface area contributed by atoms with Gasteiger partial charge in [-0.3, -0.25) is 9.89 Å². The third kappa shape index (κ3) is 6.99.